The summed E-state index contributed by atoms with van der Waals surface area (Å²) in [6, 6.07) is 10.4. The van der Waals surface area contributed by atoms with Crippen LogP contribution in [0.5, 0.6) is 0 Å². The van der Waals surface area contributed by atoms with Crippen LogP contribution in [0.2, 0.25) is 0 Å². The molecule has 20 heavy (non-hydrogen) atoms. The maximum atomic E-state index is 4.11. The maximum absolute atomic E-state index is 4.11. The molecule has 0 atom stereocenters. The number of nitrogens with zero attached hydrogens (tertiary/aromatic N) is 3. The molecule has 0 bridgehead atoms. The largest absolute Gasteiger partial charge is 0.380 e. The highest BCUT2D eigenvalue weighted by Gasteiger charge is 2.04. The van der Waals surface area contributed by atoms with Crippen LogP contribution in [-0.4, -0.2) is 14.8 Å². The molecular formula is C15H16N4S. The summed E-state index contributed by atoms with van der Waals surface area (Å²) in [6.07, 6.45) is 1.71. The van der Waals surface area contributed by atoms with Crippen LogP contribution < -0.4 is 5.32 Å². The van der Waals surface area contributed by atoms with Crippen LogP contribution in [0.15, 0.2) is 42.0 Å². The summed E-state index contributed by atoms with van der Waals surface area (Å²) in [4.78, 5) is 1.38. The lowest BCUT2D eigenvalue weighted by Gasteiger charge is -2.07. The van der Waals surface area contributed by atoms with Gasteiger partial charge < -0.3 is 9.88 Å². The molecule has 1 N–H and O–H groups in total. The van der Waals surface area contributed by atoms with Gasteiger partial charge >= 0.3 is 0 Å². The number of nitrogens with one attached hydrogen (secondary N) is 1. The van der Waals surface area contributed by atoms with E-state index in [1.54, 1.807) is 17.7 Å². The van der Waals surface area contributed by atoms with Crippen molar-refractivity contribution in [3.8, 4) is 11.4 Å². The fraction of sp³-hybridized carbons (Fsp3) is 0.200. The first kappa shape index (κ1) is 12.9. The fourth-order valence-corrected chi connectivity index (χ4v) is 2.90. The van der Waals surface area contributed by atoms with Crippen molar-refractivity contribution in [3.05, 3.63) is 52.5 Å². The number of rotatable bonds is 4. The zero-order valence-corrected chi connectivity index (χ0v) is 12.3. The summed E-state index contributed by atoms with van der Waals surface area (Å²) in [6.45, 7) is 3.01. The highest BCUT2D eigenvalue weighted by molar-refractivity contribution is 7.10. The quantitative estimate of drug-likeness (QED) is 0.797. The van der Waals surface area contributed by atoms with E-state index in [9.17, 15) is 0 Å². The molecular weight excluding hydrogens is 268 g/mol. The Morgan fingerprint density at radius 2 is 2.00 bits per heavy atom. The second-order valence-corrected chi connectivity index (χ2v) is 5.72. The Morgan fingerprint density at radius 3 is 2.60 bits per heavy atom. The van der Waals surface area contributed by atoms with E-state index in [2.05, 4.69) is 58.1 Å². The third-order valence-corrected chi connectivity index (χ3v) is 4.30. The number of benzene rings is 1. The Morgan fingerprint density at radius 1 is 1.20 bits per heavy atom. The van der Waals surface area contributed by atoms with Crippen molar-refractivity contribution in [1.82, 2.24) is 14.8 Å². The number of thiophene rings is 1. The summed E-state index contributed by atoms with van der Waals surface area (Å²) in [5.41, 5.74) is 3.53. The molecule has 2 heterocycles. The molecule has 3 rings (SSSR count). The number of hydrogen-bond donors (Lipinski definition) is 1. The first-order valence-corrected chi connectivity index (χ1v) is 7.33. The van der Waals surface area contributed by atoms with Gasteiger partial charge in [0.25, 0.3) is 0 Å². The van der Waals surface area contributed by atoms with Crippen molar-refractivity contribution in [1.29, 1.82) is 0 Å². The van der Waals surface area contributed by atoms with Gasteiger partial charge in [-0.25, -0.2) is 0 Å². The van der Waals surface area contributed by atoms with E-state index in [1.807, 2.05) is 11.6 Å². The Hall–Kier alpha value is -2.14. The molecule has 0 saturated heterocycles. The Balaban J connectivity index is 1.71. The Bertz CT molecular complexity index is 697. The monoisotopic (exact) mass is 284 g/mol. The van der Waals surface area contributed by atoms with Crippen molar-refractivity contribution in [3.63, 3.8) is 0 Å². The van der Waals surface area contributed by atoms with Gasteiger partial charge in [-0.2, -0.15) is 0 Å². The van der Waals surface area contributed by atoms with Crippen molar-refractivity contribution in [2.75, 3.05) is 5.32 Å². The molecule has 102 valence electrons. The van der Waals surface area contributed by atoms with E-state index in [0.717, 1.165) is 23.6 Å². The zero-order valence-electron chi connectivity index (χ0n) is 11.5. The molecule has 0 aliphatic rings. The molecule has 0 amide bonds. The van der Waals surface area contributed by atoms with Crippen molar-refractivity contribution in [2.24, 2.45) is 7.05 Å². The van der Waals surface area contributed by atoms with Crippen LogP contribution >= 0.6 is 11.3 Å². The highest BCUT2D eigenvalue weighted by Crippen LogP contribution is 2.21. The summed E-state index contributed by atoms with van der Waals surface area (Å²) in [7, 11) is 1.95. The van der Waals surface area contributed by atoms with Crippen LogP contribution in [-0.2, 0) is 13.6 Å². The van der Waals surface area contributed by atoms with Crippen molar-refractivity contribution < 1.29 is 0 Å². The summed E-state index contributed by atoms with van der Waals surface area (Å²) in [5.74, 6) is 0.880. The SMILES string of the molecule is Cc1ccsc1CNc1ccc(-c2nncn2C)cc1. The maximum Gasteiger partial charge on any atom is 0.163 e. The second-order valence-electron chi connectivity index (χ2n) is 4.72. The average Bonchev–Trinajstić information content (AvgIpc) is 3.06. The molecule has 0 spiro atoms. The standard InChI is InChI=1S/C15H16N4S/c1-11-7-8-20-14(11)9-16-13-5-3-12(4-6-13)15-18-17-10-19(15)2/h3-8,10,16H,9H2,1-2H3. The normalized spacial score (nSPS) is 10.7. The van der Waals surface area contributed by atoms with Crippen LogP contribution in [0.3, 0.4) is 0 Å². The van der Waals surface area contributed by atoms with E-state index < -0.39 is 0 Å². The molecule has 3 aromatic rings. The number of anilines is 1. The topological polar surface area (TPSA) is 42.7 Å². The summed E-state index contributed by atoms with van der Waals surface area (Å²) < 4.78 is 1.91. The van der Waals surface area contributed by atoms with E-state index in [1.165, 1.54) is 10.4 Å². The molecule has 0 unspecified atom stereocenters. The lowest BCUT2D eigenvalue weighted by Crippen LogP contribution is -1.98. The van der Waals surface area contributed by atoms with Gasteiger partial charge in [0.05, 0.1) is 0 Å². The molecule has 0 fully saturated rings. The minimum absolute atomic E-state index is 0.868. The van der Waals surface area contributed by atoms with Gasteiger partial charge in [0, 0.05) is 29.7 Å². The first-order valence-electron chi connectivity index (χ1n) is 6.45. The molecule has 0 radical (unpaired) electrons. The van der Waals surface area contributed by atoms with Gasteiger partial charge in [-0.3, -0.25) is 0 Å². The molecule has 0 aliphatic heterocycles. The number of aryl methyl sites for hydroxylation is 2. The van der Waals surface area contributed by atoms with Crippen LogP contribution in [0, 0.1) is 6.92 Å². The fourth-order valence-electron chi connectivity index (χ4n) is 2.05. The van der Waals surface area contributed by atoms with E-state index in [4.69, 9.17) is 0 Å². The number of hydrogen-bond acceptors (Lipinski definition) is 4. The molecule has 2 aromatic heterocycles. The Labute approximate surface area is 122 Å². The average molecular weight is 284 g/mol. The van der Waals surface area contributed by atoms with E-state index in [-0.39, 0.29) is 0 Å². The molecule has 1 aromatic carbocycles. The zero-order chi connectivity index (χ0) is 13.9. The highest BCUT2D eigenvalue weighted by atomic mass is 32.1. The van der Waals surface area contributed by atoms with E-state index >= 15 is 0 Å². The lowest BCUT2D eigenvalue weighted by atomic mass is 10.2. The minimum atomic E-state index is 0.868. The summed E-state index contributed by atoms with van der Waals surface area (Å²) in [5, 5.41) is 13.6. The third-order valence-electron chi connectivity index (χ3n) is 3.28. The predicted molar refractivity (Wildman–Crippen MR) is 82.8 cm³/mol. The minimum Gasteiger partial charge on any atom is -0.380 e. The smallest absolute Gasteiger partial charge is 0.163 e. The predicted octanol–water partition coefficient (Wildman–Crippen LogP) is 3.46. The molecule has 0 aliphatic carbocycles. The van der Waals surface area contributed by atoms with Gasteiger partial charge in [-0.05, 0) is 48.2 Å². The number of aromatic nitrogens is 3. The van der Waals surface area contributed by atoms with Gasteiger partial charge in [0.1, 0.15) is 6.33 Å². The van der Waals surface area contributed by atoms with E-state index in [0.29, 0.717) is 0 Å². The first-order chi connectivity index (χ1) is 9.74. The van der Waals surface area contributed by atoms with Gasteiger partial charge in [-0.15, -0.1) is 21.5 Å². The van der Waals surface area contributed by atoms with Gasteiger partial charge in [0.2, 0.25) is 0 Å². The summed E-state index contributed by atoms with van der Waals surface area (Å²) >= 11 is 1.79. The Kier molecular flexibility index (Phi) is 3.52. The third kappa shape index (κ3) is 2.58. The van der Waals surface area contributed by atoms with Crippen molar-refractivity contribution in [2.45, 2.75) is 13.5 Å². The van der Waals surface area contributed by atoms with Gasteiger partial charge in [-0.1, -0.05) is 0 Å². The van der Waals surface area contributed by atoms with Crippen molar-refractivity contribution >= 4 is 17.0 Å². The van der Waals surface area contributed by atoms with Crippen LogP contribution in [0.25, 0.3) is 11.4 Å². The second kappa shape index (κ2) is 5.46. The molecule has 4 nitrogen and oxygen atoms in total. The van der Waals surface area contributed by atoms with Crippen LogP contribution in [0.4, 0.5) is 5.69 Å². The lowest BCUT2D eigenvalue weighted by molar-refractivity contribution is 0.920. The molecule has 0 saturated carbocycles. The van der Waals surface area contributed by atoms with Crippen LogP contribution in [0.1, 0.15) is 10.4 Å². The molecule has 5 heteroatoms. The van der Waals surface area contributed by atoms with Gasteiger partial charge in [0.15, 0.2) is 5.82 Å².